The molecule has 0 aliphatic carbocycles. The van der Waals surface area contributed by atoms with Gasteiger partial charge in [-0.25, -0.2) is 13.6 Å². The lowest BCUT2D eigenvalue weighted by Gasteiger charge is -1.92. The van der Waals surface area contributed by atoms with E-state index in [2.05, 4.69) is 0 Å². The highest BCUT2D eigenvalue weighted by Crippen LogP contribution is 2.19. The third kappa shape index (κ3) is 3.28. The minimum absolute atomic E-state index is 0. The van der Waals surface area contributed by atoms with E-state index < -0.39 is 10.0 Å². The van der Waals surface area contributed by atoms with Crippen molar-refractivity contribution >= 4 is 46.2 Å². The molecular formula is C5H9Cl2NO2S2. The topological polar surface area (TPSA) is 60.2 Å². The van der Waals surface area contributed by atoms with Crippen LogP contribution in [0.25, 0.3) is 0 Å². The maximum atomic E-state index is 10.7. The summed E-state index contributed by atoms with van der Waals surface area (Å²) >= 11 is 1.14. The molecule has 0 radical (unpaired) electrons. The van der Waals surface area contributed by atoms with Crippen molar-refractivity contribution in [3.05, 3.63) is 17.0 Å². The molecule has 0 aliphatic rings. The van der Waals surface area contributed by atoms with Gasteiger partial charge in [0.1, 0.15) is 4.21 Å². The van der Waals surface area contributed by atoms with Crippen molar-refractivity contribution in [2.45, 2.75) is 11.1 Å². The maximum Gasteiger partial charge on any atom is 0.247 e. The molecule has 7 heteroatoms. The molecule has 0 bridgehead atoms. The molecule has 1 aromatic rings. The van der Waals surface area contributed by atoms with Crippen LogP contribution in [0.3, 0.4) is 0 Å². The Morgan fingerprint density at radius 3 is 2.08 bits per heavy atom. The molecule has 72 valence electrons. The van der Waals surface area contributed by atoms with E-state index in [4.69, 9.17) is 5.14 Å². The van der Waals surface area contributed by atoms with Gasteiger partial charge < -0.3 is 0 Å². The molecule has 12 heavy (non-hydrogen) atoms. The molecule has 0 fully saturated rings. The molecule has 0 spiro atoms. The van der Waals surface area contributed by atoms with Crippen LogP contribution in [0.5, 0.6) is 0 Å². The van der Waals surface area contributed by atoms with Crippen molar-refractivity contribution < 1.29 is 8.42 Å². The van der Waals surface area contributed by atoms with E-state index in [1.165, 1.54) is 0 Å². The Kier molecular flexibility index (Phi) is 6.17. The van der Waals surface area contributed by atoms with E-state index in [1.54, 1.807) is 18.4 Å². The van der Waals surface area contributed by atoms with E-state index in [-0.39, 0.29) is 29.0 Å². The second-order valence-corrected chi connectivity index (χ2v) is 4.61. The van der Waals surface area contributed by atoms with Gasteiger partial charge in [-0.05, 0) is 23.9 Å². The van der Waals surface area contributed by atoms with Gasteiger partial charge in [-0.3, -0.25) is 0 Å². The van der Waals surface area contributed by atoms with Gasteiger partial charge in [0.2, 0.25) is 10.0 Å². The van der Waals surface area contributed by atoms with Gasteiger partial charge in [-0.15, -0.1) is 36.2 Å². The molecule has 1 rings (SSSR count). The summed E-state index contributed by atoms with van der Waals surface area (Å²) < 4.78 is 21.7. The van der Waals surface area contributed by atoms with Gasteiger partial charge in [0.15, 0.2) is 0 Å². The zero-order valence-electron chi connectivity index (χ0n) is 6.18. The number of thiophene rings is 1. The quantitative estimate of drug-likeness (QED) is 0.821. The number of hydrogen-bond acceptors (Lipinski definition) is 3. The highest BCUT2D eigenvalue weighted by molar-refractivity contribution is 7.91. The Balaban J connectivity index is 0. The van der Waals surface area contributed by atoms with Gasteiger partial charge in [0.05, 0.1) is 0 Å². The summed E-state index contributed by atoms with van der Waals surface area (Å²) in [6.07, 6.45) is 0. The van der Waals surface area contributed by atoms with E-state index in [0.29, 0.717) is 5.56 Å². The lowest BCUT2D eigenvalue weighted by Crippen LogP contribution is -2.11. The van der Waals surface area contributed by atoms with Crippen molar-refractivity contribution in [2.24, 2.45) is 5.14 Å². The number of halogens is 2. The highest BCUT2D eigenvalue weighted by atomic mass is 35.5. The third-order valence-electron chi connectivity index (χ3n) is 1.07. The van der Waals surface area contributed by atoms with Gasteiger partial charge in [-0.2, -0.15) is 0 Å². The minimum atomic E-state index is -3.47. The summed E-state index contributed by atoms with van der Waals surface area (Å²) in [5.74, 6) is 0. The number of hydrogen-bond donors (Lipinski definition) is 1. The standard InChI is InChI=1S/C5H7NO2S2.2ClH/c1-4-2-3-9-5(4)10(6,7)8;;/h2-3H,1H3,(H2,6,7,8);2*1H. The number of aryl methyl sites for hydroxylation is 1. The van der Waals surface area contributed by atoms with Crippen LogP contribution >= 0.6 is 36.2 Å². The first-order valence-electron chi connectivity index (χ1n) is 2.58. The smallest absolute Gasteiger partial charge is 0.224 e. The molecule has 0 unspecified atom stereocenters. The Labute approximate surface area is 87.8 Å². The zero-order valence-corrected chi connectivity index (χ0v) is 9.45. The molecule has 1 aromatic heterocycles. The first kappa shape index (κ1) is 14.7. The summed E-state index contributed by atoms with van der Waals surface area (Å²) in [5.41, 5.74) is 0.715. The summed E-state index contributed by atoms with van der Waals surface area (Å²) in [6.45, 7) is 1.72. The first-order chi connectivity index (χ1) is 4.52. The van der Waals surface area contributed by atoms with Crippen LogP contribution < -0.4 is 5.14 Å². The summed E-state index contributed by atoms with van der Waals surface area (Å²) in [7, 11) is -3.47. The maximum absolute atomic E-state index is 10.7. The lowest BCUT2D eigenvalue weighted by molar-refractivity contribution is 0.599. The van der Waals surface area contributed by atoms with Crippen LogP contribution in [0.4, 0.5) is 0 Å². The Morgan fingerprint density at radius 2 is 1.92 bits per heavy atom. The fourth-order valence-corrected chi connectivity index (χ4v) is 2.52. The third-order valence-corrected chi connectivity index (χ3v) is 3.71. The van der Waals surface area contributed by atoms with E-state index in [9.17, 15) is 8.42 Å². The molecule has 0 amide bonds. The number of rotatable bonds is 1. The van der Waals surface area contributed by atoms with Gasteiger partial charge >= 0.3 is 0 Å². The largest absolute Gasteiger partial charge is 0.247 e. The van der Waals surface area contributed by atoms with Crippen molar-refractivity contribution in [3.8, 4) is 0 Å². The summed E-state index contributed by atoms with van der Waals surface area (Å²) in [4.78, 5) is 0. The van der Waals surface area contributed by atoms with E-state index >= 15 is 0 Å². The Bertz CT molecular complexity index is 333. The van der Waals surface area contributed by atoms with Crippen LogP contribution in [0.1, 0.15) is 5.56 Å². The fraction of sp³-hybridized carbons (Fsp3) is 0.200. The van der Waals surface area contributed by atoms with Crippen molar-refractivity contribution in [1.82, 2.24) is 0 Å². The monoisotopic (exact) mass is 249 g/mol. The summed E-state index contributed by atoms with van der Waals surface area (Å²) in [6, 6.07) is 1.73. The molecule has 1 heterocycles. The zero-order chi connectivity index (χ0) is 7.78. The minimum Gasteiger partial charge on any atom is -0.224 e. The lowest BCUT2D eigenvalue weighted by atomic mass is 10.4. The van der Waals surface area contributed by atoms with Crippen LogP contribution in [0, 0.1) is 6.92 Å². The van der Waals surface area contributed by atoms with E-state index in [0.717, 1.165) is 11.3 Å². The number of nitrogens with two attached hydrogens (primary N) is 1. The van der Waals surface area contributed by atoms with Crippen molar-refractivity contribution in [3.63, 3.8) is 0 Å². The first-order valence-corrected chi connectivity index (χ1v) is 5.01. The molecule has 0 saturated heterocycles. The average molecular weight is 250 g/mol. The van der Waals surface area contributed by atoms with E-state index in [1.807, 2.05) is 0 Å². The number of sulfonamides is 1. The van der Waals surface area contributed by atoms with Crippen LogP contribution in [-0.2, 0) is 10.0 Å². The molecule has 3 nitrogen and oxygen atoms in total. The van der Waals surface area contributed by atoms with Gasteiger partial charge in [-0.1, -0.05) is 0 Å². The molecule has 2 N–H and O–H groups in total. The molecule has 0 atom stereocenters. The molecular weight excluding hydrogens is 241 g/mol. The molecule has 0 aromatic carbocycles. The highest BCUT2D eigenvalue weighted by Gasteiger charge is 2.11. The average Bonchev–Trinajstić information content (AvgIpc) is 2.11. The Morgan fingerprint density at radius 1 is 1.42 bits per heavy atom. The molecule has 0 saturated carbocycles. The van der Waals surface area contributed by atoms with Gasteiger partial charge in [0.25, 0.3) is 0 Å². The number of primary sulfonamides is 1. The van der Waals surface area contributed by atoms with Crippen molar-refractivity contribution in [2.75, 3.05) is 0 Å². The Hall–Kier alpha value is 0.190. The predicted molar refractivity (Wildman–Crippen MR) is 54.9 cm³/mol. The SMILES string of the molecule is Cc1ccsc1S(N)(=O)=O.Cl.Cl. The second-order valence-electron chi connectivity index (χ2n) is 1.94. The second kappa shape index (κ2) is 5.04. The van der Waals surface area contributed by atoms with Crippen LogP contribution in [0.2, 0.25) is 0 Å². The van der Waals surface area contributed by atoms with Crippen molar-refractivity contribution in [1.29, 1.82) is 0 Å². The van der Waals surface area contributed by atoms with Crippen LogP contribution in [-0.4, -0.2) is 8.42 Å². The predicted octanol–water partition coefficient (Wildman–Crippen LogP) is 1.55. The normalized spacial score (nSPS) is 9.83. The van der Waals surface area contributed by atoms with Gasteiger partial charge in [0, 0.05) is 0 Å². The summed E-state index contributed by atoms with van der Waals surface area (Å²) in [5, 5.41) is 6.59. The fourth-order valence-electron chi connectivity index (χ4n) is 0.650. The molecule has 0 aliphatic heterocycles. The van der Waals surface area contributed by atoms with Crippen LogP contribution in [0.15, 0.2) is 15.7 Å².